The van der Waals surface area contributed by atoms with Gasteiger partial charge in [-0.3, -0.25) is 9.79 Å². The van der Waals surface area contributed by atoms with Crippen molar-refractivity contribution in [3.05, 3.63) is 0 Å². The van der Waals surface area contributed by atoms with Gasteiger partial charge in [0, 0.05) is 25.3 Å². The van der Waals surface area contributed by atoms with E-state index in [0.717, 1.165) is 26.1 Å². The summed E-state index contributed by atoms with van der Waals surface area (Å²) in [6.07, 6.45) is 19.2. The average Bonchev–Trinajstić information content (AvgIpc) is 2.66. The van der Waals surface area contributed by atoms with Crippen LogP contribution in [0.15, 0.2) is 4.99 Å². The zero-order valence-electron chi connectivity index (χ0n) is 18.3. The largest absolute Gasteiger partial charge is 0.355 e. The summed E-state index contributed by atoms with van der Waals surface area (Å²) in [7, 11) is 0. The van der Waals surface area contributed by atoms with Crippen molar-refractivity contribution < 1.29 is 4.79 Å². The Labute approximate surface area is 168 Å². The van der Waals surface area contributed by atoms with Crippen molar-refractivity contribution in [1.82, 2.24) is 10.6 Å². The monoisotopic (exact) mass is 379 g/mol. The van der Waals surface area contributed by atoms with Gasteiger partial charge in [0.15, 0.2) is 0 Å². The molecule has 1 rings (SSSR count). The molecule has 1 aliphatic heterocycles. The van der Waals surface area contributed by atoms with Gasteiger partial charge in [-0.25, -0.2) is 0 Å². The number of rotatable bonds is 15. The first-order valence-electron chi connectivity index (χ1n) is 11.6. The van der Waals surface area contributed by atoms with E-state index in [1.807, 2.05) is 13.1 Å². The maximum absolute atomic E-state index is 12.4. The summed E-state index contributed by atoms with van der Waals surface area (Å²) < 4.78 is 0. The summed E-state index contributed by atoms with van der Waals surface area (Å²) in [5, 5.41) is 6.59. The number of carbonyl (C=O) groups excluding carboxylic acids is 1. The molecule has 4 nitrogen and oxygen atoms in total. The SMILES string of the molecule is CCCCCCCCCCCCCCNC(C)C1(C)C=NCCCNC1=O. The van der Waals surface area contributed by atoms with Gasteiger partial charge in [0.2, 0.25) is 5.91 Å². The summed E-state index contributed by atoms with van der Waals surface area (Å²) in [6.45, 7) is 8.90. The number of nitrogens with one attached hydrogen (secondary N) is 2. The molecule has 0 fully saturated rings. The Bertz CT molecular complexity index is 410. The first kappa shape index (κ1) is 24.1. The highest BCUT2D eigenvalue weighted by molar-refractivity contribution is 5.99. The van der Waals surface area contributed by atoms with Crippen molar-refractivity contribution in [2.24, 2.45) is 10.4 Å². The minimum atomic E-state index is -0.544. The molecule has 1 amide bonds. The molecule has 0 bridgehead atoms. The van der Waals surface area contributed by atoms with Crippen molar-refractivity contribution in [2.75, 3.05) is 19.6 Å². The molecule has 27 heavy (non-hydrogen) atoms. The Hall–Kier alpha value is -0.900. The zero-order valence-corrected chi connectivity index (χ0v) is 18.3. The van der Waals surface area contributed by atoms with Gasteiger partial charge >= 0.3 is 0 Å². The number of aliphatic imine (C=N–C) groups is 1. The number of hydrogen-bond donors (Lipinski definition) is 2. The van der Waals surface area contributed by atoms with Gasteiger partial charge < -0.3 is 10.6 Å². The molecule has 158 valence electrons. The van der Waals surface area contributed by atoms with E-state index in [1.165, 1.54) is 77.0 Å². The van der Waals surface area contributed by atoms with Crippen LogP contribution in [0.3, 0.4) is 0 Å². The van der Waals surface area contributed by atoms with E-state index in [4.69, 9.17) is 0 Å². The quantitative estimate of drug-likeness (QED) is 0.381. The van der Waals surface area contributed by atoms with Crippen molar-refractivity contribution >= 4 is 12.1 Å². The highest BCUT2D eigenvalue weighted by Crippen LogP contribution is 2.21. The normalized spacial score (nSPS) is 21.5. The van der Waals surface area contributed by atoms with Gasteiger partial charge in [-0.05, 0) is 33.2 Å². The molecule has 0 aromatic rings. The van der Waals surface area contributed by atoms with Gasteiger partial charge in [0.05, 0.1) is 5.41 Å². The highest BCUT2D eigenvalue weighted by Gasteiger charge is 2.37. The second kappa shape index (κ2) is 15.1. The predicted molar refractivity (Wildman–Crippen MR) is 118 cm³/mol. The molecule has 1 heterocycles. The Morgan fingerprint density at radius 2 is 1.59 bits per heavy atom. The van der Waals surface area contributed by atoms with E-state index in [2.05, 4.69) is 29.5 Å². The lowest BCUT2D eigenvalue weighted by atomic mass is 9.82. The molecule has 1 aliphatic rings. The Balaban J connectivity index is 2.02. The molecule has 0 saturated carbocycles. The van der Waals surface area contributed by atoms with Gasteiger partial charge in [-0.2, -0.15) is 0 Å². The summed E-state index contributed by atoms with van der Waals surface area (Å²) >= 11 is 0. The second-order valence-electron chi connectivity index (χ2n) is 8.49. The number of carbonyl (C=O) groups is 1. The number of unbranched alkanes of at least 4 members (excludes halogenated alkanes) is 11. The minimum Gasteiger partial charge on any atom is -0.355 e. The molecule has 2 atom stereocenters. The van der Waals surface area contributed by atoms with E-state index in [1.54, 1.807) is 0 Å². The standard InChI is InChI=1S/C23H45N3O/c1-4-5-6-7-8-9-10-11-12-13-14-15-18-25-21(2)23(3)20-24-17-16-19-26-22(23)27/h20-21,25H,4-19H2,1-3H3,(H,26,27). The van der Waals surface area contributed by atoms with Crippen LogP contribution in [-0.4, -0.2) is 37.8 Å². The van der Waals surface area contributed by atoms with Crippen molar-refractivity contribution in [3.63, 3.8) is 0 Å². The van der Waals surface area contributed by atoms with Crippen LogP contribution in [-0.2, 0) is 4.79 Å². The number of nitrogens with zero attached hydrogens (tertiary/aromatic N) is 1. The molecule has 0 radical (unpaired) electrons. The first-order chi connectivity index (χ1) is 13.1. The third-order valence-electron chi connectivity index (χ3n) is 5.98. The molecule has 4 heteroatoms. The van der Waals surface area contributed by atoms with Crippen molar-refractivity contribution in [2.45, 2.75) is 110 Å². The summed E-state index contributed by atoms with van der Waals surface area (Å²) in [4.78, 5) is 16.9. The molecule has 0 aliphatic carbocycles. The molecular formula is C23H45N3O. The maximum atomic E-state index is 12.4. The topological polar surface area (TPSA) is 53.5 Å². The average molecular weight is 380 g/mol. The zero-order chi connectivity index (χ0) is 19.8. The van der Waals surface area contributed by atoms with Crippen molar-refractivity contribution in [3.8, 4) is 0 Å². The van der Waals surface area contributed by atoms with Crippen LogP contribution in [0.25, 0.3) is 0 Å². The number of hydrogen-bond acceptors (Lipinski definition) is 3. The van der Waals surface area contributed by atoms with Crippen LogP contribution < -0.4 is 10.6 Å². The smallest absolute Gasteiger partial charge is 0.232 e. The lowest BCUT2D eigenvalue weighted by molar-refractivity contribution is -0.127. The van der Waals surface area contributed by atoms with Crippen LogP contribution in [0, 0.1) is 5.41 Å². The fourth-order valence-corrected chi connectivity index (χ4v) is 3.68. The van der Waals surface area contributed by atoms with E-state index >= 15 is 0 Å². The van der Waals surface area contributed by atoms with E-state index in [0.29, 0.717) is 0 Å². The Morgan fingerprint density at radius 3 is 2.19 bits per heavy atom. The van der Waals surface area contributed by atoms with Crippen LogP contribution >= 0.6 is 0 Å². The summed E-state index contributed by atoms with van der Waals surface area (Å²) in [6, 6.07) is 0.104. The fraction of sp³-hybridized carbons (Fsp3) is 0.913. The molecule has 0 aromatic heterocycles. The second-order valence-corrected chi connectivity index (χ2v) is 8.49. The van der Waals surface area contributed by atoms with E-state index < -0.39 is 5.41 Å². The molecule has 0 aromatic carbocycles. The van der Waals surface area contributed by atoms with Crippen LogP contribution in [0.5, 0.6) is 0 Å². The fourth-order valence-electron chi connectivity index (χ4n) is 3.68. The van der Waals surface area contributed by atoms with Gasteiger partial charge in [0.25, 0.3) is 0 Å². The molecule has 0 spiro atoms. The third kappa shape index (κ3) is 10.3. The molecular weight excluding hydrogens is 334 g/mol. The first-order valence-corrected chi connectivity index (χ1v) is 11.6. The lowest BCUT2D eigenvalue weighted by Gasteiger charge is -2.32. The van der Waals surface area contributed by atoms with E-state index in [-0.39, 0.29) is 11.9 Å². The van der Waals surface area contributed by atoms with Crippen LogP contribution in [0.4, 0.5) is 0 Å². The van der Waals surface area contributed by atoms with Gasteiger partial charge in [-0.1, -0.05) is 77.6 Å². The maximum Gasteiger partial charge on any atom is 0.232 e. The molecule has 0 saturated heterocycles. The van der Waals surface area contributed by atoms with Gasteiger partial charge in [-0.15, -0.1) is 0 Å². The summed E-state index contributed by atoms with van der Waals surface area (Å²) in [5.74, 6) is 0.0978. The Kier molecular flexibility index (Phi) is 13.5. The Morgan fingerprint density at radius 1 is 1.04 bits per heavy atom. The number of amides is 1. The lowest BCUT2D eigenvalue weighted by Crippen LogP contribution is -2.53. The third-order valence-corrected chi connectivity index (χ3v) is 5.98. The van der Waals surface area contributed by atoms with E-state index in [9.17, 15) is 4.79 Å². The van der Waals surface area contributed by atoms with Crippen LogP contribution in [0.1, 0.15) is 104 Å². The summed E-state index contributed by atoms with van der Waals surface area (Å²) in [5.41, 5.74) is -0.544. The molecule has 2 N–H and O–H groups in total. The predicted octanol–water partition coefficient (Wildman–Crippen LogP) is 5.26. The minimum absolute atomic E-state index is 0.0978. The van der Waals surface area contributed by atoms with Gasteiger partial charge in [0.1, 0.15) is 0 Å². The van der Waals surface area contributed by atoms with Crippen LogP contribution in [0.2, 0.25) is 0 Å². The van der Waals surface area contributed by atoms with Crippen molar-refractivity contribution in [1.29, 1.82) is 0 Å². The molecule has 2 unspecified atom stereocenters. The highest BCUT2D eigenvalue weighted by atomic mass is 16.2.